The summed E-state index contributed by atoms with van der Waals surface area (Å²) in [6.07, 6.45) is 20.9. The van der Waals surface area contributed by atoms with Gasteiger partial charge in [-0.1, -0.05) is 118 Å². The minimum Gasteiger partial charge on any atom is -0.481 e. The summed E-state index contributed by atoms with van der Waals surface area (Å²) in [5.41, 5.74) is 2.78. The lowest BCUT2D eigenvalue weighted by Crippen LogP contribution is -2.24. The third-order valence-electron chi connectivity index (χ3n) is 6.52. The molecule has 0 saturated heterocycles. The van der Waals surface area contributed by atoms with Crippen LogP contribution in [0.3, 0.4) is 0 Å². The summed E-state index contributed by atoms with van der Waals surface area (Å²) >= 11 is 0. The number of hydrogen-bond donors (Lipinski definition) is 1. The van der Waals surface area contributed by atoms with E-state index in [1.165, 1.54) is 81.8 Å². The van der Waals surface area contributed by atoms with Crippen molar-refractivity contribution in [3.8, 4) is 0 Å². The summed E-state index contributed by atoms with van der Waals surface area (Å²) in [6.45, 7) is 3.17. The maximum absolute atomic E-state index is 10.5. The highest BCUT2D eigenvalue weighted by Crippen LogP contribution is 2.13. The first kappa shape index (κ1) is 28.8. The second-order valence-corrected chi connectivity index (χ2v) is 9.76. The number of unbranched alkanes of at least 4 members (excludes halogenated alkanes) is 11. The Bertz CT molecular complexity index is 746. The minimum atomic E-state index is -0.664. The number of aliphatic carboxylic acids is 1. The van der Waals surface area contributed by atoms with E-state index in [4.69, 9.17) is 5.11 Å². The van der Waals surface area contributed by atoms with Gasteiger partial charge >= 0.3 is 5.97 Å². The summed E-state index contributed by atoms with van der Waals surface area (Å²) in [7, 11) is 0. The first-order valence-electron chi connectivity index (χ1n) is 13.9. The molecule has 0 atom stereocenters. The van der Waals surface area contributed by atoms with Crippen LogP contribution in [0.25, 0.3) is 0 Å². The van der Waals surface area contributed by atoms with E-state index in [9.17, 15) is 4.79 Å². The van der Waals surface area contributed by atoms with Gasteiger partial charge in [0.25, 0.3) is 0 Å². The lowest BCUT2D eigenvalue weighted by molar-refractivity contribution is -0.137. The predicted molar refractivity (Wildman–Crippen MR) is 148 cm³/mol. The van der Waals surface area contributed by atoms with Crippen molar-refractivity contribution < 1.29 is 9.90 Å². The standard InChI is InChI=1S/C32H47NO2/c34-32(35)26-20-12-10-8-6-4-2-1-3-5-7-9-11-13-21-27-33(28-30-22-16-14-17-23-30)29-31-24-18-15-19-25-31/h5,7,14-19,22-25H,1-4,6,8-13,20-21,26-29H2,(H,34,35)/b7-5+. The molecule has 0 unspecified atom stereocenters. The van der Waals surface area contributed by atoms with Crippen LogP contribution in [0.15, 0.2) is 72.8 Å². The second kappa shape index (κ2) is 19.9. The molecule has 0 aliphatic heterocycles. The highest BCUT2D eigenvalue weighted by molar-refractivity contribution is 5.66. The van der Waals surface area contributed by atoms with Gasteiger partial charge < -0.3 is 5.11 Å². The monoisotopic (exact) mass is 477 g/mol. The summed E-state index contributed by atoms with van der Waals surface area (Å²) in [4.78, 5) is 13.1. The fourth-order valence-corrected chi connectivity index (χ4v) is 4.51. The largest absolute Gasteiger partial charge is 0.481 e. The number of hydrogen-bond acceptors (Lipinski definition) is 2. The second-order valence-electron chi connectivity index (χ2n) is 9.76. The highest BCUT2D eigenvalue weighted by atomic mass is 16.4. The van der Waals surface area contributed by atoms with Gasteiger partial charge in [-0.2, -0.15) is 0 Å². The van der Waals surface area contributed by atoms with Crippen molar-refractivity contribution in [2.75, 3.05) is 6.54 Å². The SMILES string of the molecule is O=C(O)CCCCCCCCCC/C=C/CCCCCN(Cc1ccccc1)Cc1ccccc1. The Labute approximate surface area is 214 Å². The molecule has 0 aromatic heterocycles. The summed E-state index contributed by atoms with van der Waals surface area (Å²) in [5.74, 6) is -0.664. The number of benzene rings is 2. The zero-order valence-corrected chi connectivity index (χ0v) is 21.8. The Morgan fingerprint density at radius 1 is 0.600 bits per heavy atom. The fraction of sp³-hybridized carbons (Fsp3) is 0.531. The molecule has 0 fully saturated rings. The van der Waals surface area contributed by atoms with Crippen LogP contribution in [0.5, 0.6) is 0 Å². The number of carboxylic acid groups (broad SMARTS) is 1. The van der Waals surface area contributed by atoms with Crippen LogP contribution >= 0.6 is 0 Å². The molecular formula is C32H47NO2. The summed E-state index contributed by atoms with van der Waals surface area (Å²) in [5, 5.41) is 8.63. The van der Waals surface area contributed by atoms with Gasteiger partial charge in [0, 0.05) is 19.5 Å². The van der Waals surface area contributed by atoms with E-state index in [1.54, 1.807) is 0 Å². The van der Waals surface area contributed by atoms with Crippen LogP contribution in [-0.4, -0.2) is 22.5 Å². The first-order valence-corrected chi connectivity index (χ1v) is 13.9. The fourth-order valence-electron chi connectivity index (χ4n) is 4.51. The Morgan fingerprint density at radius 2 is 1.03 bits per heavy atom. The van der Waals surface area contributed by atoms with Gasteiger partial charge in [-0.15, -0.1) is 0 Å². The molecule has 0 heterocycles. The lowest BCUT2D eigenvalue weighted by atomic mass is 10.1. The van der Waals surface area contributed by atoms with Crippen LogP contribution in [0.1, 0.15) is 101 Å². The summed E-state index contributed by atoms with van der Waals surface area (Å²) < 4.78 is 0. The van der Waals surface area contributed by atoms with Gasteiger partial charge in [0.1, 0.15) is 0 Å². The molecule has 0 spiro atoms. The molecule has 2 aromatic rings. The molecule has 0 bridgehead atoms. The van der Waals surface area contributed by atoms with E-state index in [1.807, 2.05) is 0 Å². The van der Waals surface area contributed by atoms with Crippen LogP contribution in [-0.2, 0) is 17.9 Å². The third kappa shape index (κ3) is 16.0. The van der Waals surface area contributed by atoms with Crippen molar-refractivity contribution >= 4 is 5.97 Å². The highest BCUT2D eigenvalue weighted by Gasteiger charge is 2.07. The average molecular weight is 478 g/mol. The molecule has 3 heteroatoms. The molecule has 2 rings (SSSR count). The Hall–Kier alpha value is -2.39. The van der Waals surface area contributed by atoms with E-state index in [-0.39, 0.29) is 0 Å². The topological polar surface area (TPSA) is 40.5 Å². The number of carbonyl (C=O) groups is 1. The molecular weight excluding hydrogens is 430 g/mol. The maximum atomic E-state index is 10.5. The molecule has 0 radical (unpaired) electrons. The van der Waals surface area contributed by atoms with Gasteiger partial charge in [-0.05, 0) is 56.2 Å². The van der Waals surface area contributed by atoms with Gasteiger partial charge in [-0.3, -0.25) is 9.69 Å². The van der Waals surface area contributed by atoms with Gasteiger partial charge in [0.15, 0.2) is 0 Å². The summed E-state index contributed by atoms with van der Waals surface area (Å²) in [6, 6.07) is 21.6. The number of allylic oxidation sites excluding steroid dienone is 2. The zero-order valence-electron chi connectivity index (χ0n) is 21.8. The van der Waals surface area contributed by atoms with Crippen LogP contribution in [0.2, 0.25) is 0 Å². The lowest BCUT2D eigenvalue weighted by Gasteiger charge is -2.22. The van der Waals surface area contributed by atoms with E-state index >= 15 is 0 Å². The quantitative estimate of drug-likeness (QED) is 0.144. The minimum absolute atomic E-state index is 0.327. The first-order chi connectivity index (χ1) is 17.2. The molecule has 192 valence electrons. The van der Waals surface area contributed by atoms with Crippen molar-refractivity contribution in [3.63, 3.8) is 0 Å². The zero-order chi connectivity index (χ0) is 24.8. The van der Waals surface area contributed by atoms with Crippen molar-refractivity contribution in [2.24, 2.45) is 0 Å². The third-order valence-corrected chi connectivity index (χ3v) is 6.52. The number of carboxylic acids is 1. The molecule has 3 nitrogen and oxygen atoms in total. The van der Waals surface area contributed by atoms with Crippen molar-refractivity contribution in [3.05, 3.63) is 83.9 Å². The van der Waals surface area contributed by atoms with Gasteiger partial charge in [-0.25, -0.2) is 0 Å². The Morgan fingerprint density at radius 3 is 1.51 bits per heavy atom. The molecule has 35 heavy (non-hydrogen) atoms. The van der Waals surface area contributed by atoms with E-state index < -0.39 is 5.97 Å². The van der Waals surface area contributed by atoms with Crippen LogP contribution < -0.4 is 0 Å². The van der Waals surface area contributed by atoms with Crippen LogP contribution in [0.4, 0.5) is 0 Å². The number of nitrogens with zero attached hydrogens (tertiary/aromatic N) is 1. The maximum Gasteiger partial charge on any atom is 0.303 e. The molecule has 0 saturated carbocycles. The Kier molecular flexibility index (Phi) is 16.4. The predicted octanol–water partition coefficient (Wildman–Crippen LogP) is 8.79. The van der Waals surface area contributed by atoms with Crippen molar-refractivity contribution in [1.29, 1.82) is 0 Å². The van der Waals surface area contributed by atoms with E-state index in [0.29, 0.717) is 6.42 Å². The van der Waals surface area contributed by atoms with Gasteiger partial charge in [0.2, 0.25) is 0 Å². The Balaban J connectivity index is 1.47. The van der Waals surface area contributed by atoms with Gasteiger partial charge in [0.05, 0.1) is 0 Å². The molecule has 1 N–H and O–H groups in total. The average Bonchev–Trinajstić information content (AvgIpc) is 2.87. The normalized spacial score (nSPS) is 11.5. The number of rotatable bonds is 21. The molecule has 0 aliphatic carbocycles. The molecule has 0 amide bonds. The molecule has 0 aliphatic rings. The van der Waals surface area contributed by atoms with Crippen molar-refractivity contribution in [1.82, 2.24) is 4.90 Å². The smallest absolute Gasteiger partial charge is 0.303 e. The molecule has 2 aromatic carbocycles. The van der Waals surface area contributed by atoms with Crippen molar-refractivity contribution in [2.45, 2.75) is 103 Å². The van der Waals surface area contributed by atoms with E-state index in [0.717, 1.165) is 32.5 Å². The van der Waals surface area contributed by atoms with Crippen LogP contribution in [0, 0.1) is 0 Å². The van der Waals surface area contributed by atoms with E-state index in [2.05, 4.69) is 77.7 Å².